The van der Waals surface area contributed by atoms with Crippen LogP contribution < -0.4 is 0 Å². The summed E-state index contributed by atoms with van der Waals surface area (Å²) < 4.78 is 31.5. The van der Waals surface area contributed by atoms with E-state index in [0.717, 1.165) is 5.56 Å². The molecule has 1 heterocycles. The van der Waals surface area contributed by atoms with Gasteiger partial charge in [-0.05, 0) is 44.5 Å². The van der Waals surface area contributed by atoms with Crippen molar-refractivity contribution in [2.24, 2.45) is 0 Å². The van der Waals surface area contributed by atoms with Crippen LogP contribution in [0, 0.1) is 0 Å². The van der Waals surface area contributed by atoms with E-state index in [4.69, 9.17) is 16.3 Å². The molecule has 0 aliphatic carbocycles. The van der Waals surface area contributed by atoms with Crippen LogP contribution in [0.3, 0.4) is 0 Å². The second-order valence-electron chi connectivity index (χ2n) is 6.77. The maximum atomic E-state index is 12.4. The molecule has 1 aromatic carbocycles. The predicted molar refractivity (Wildman–Crippen MR) is 98.8 cm³/mol. The number of benzene rings is 1. The van der Waals surface area contributed by atoms with E-state index in [0.29, 0.717) is 18.1 Å². The Morgan fingerprint density at radius 3 is 2.20 bits per heavy atom. The molecule has 1 aromatic rings. The maximum absolute atomic E-state index is 12.4. The molecule has 25 heavy (non-hydrogen) atoms. The molecule has 8 heteroatoms. The van der Waals surface area contributed by atoms with Gasteiger partial charge in [0.15, 0.2) is 0 Å². The molecule has 0 radical (unpaired) electrons. The molecule has 1 saturated heterocycles. The second kappa shape index (κ2) is 7.76. The molecule has 0 unspecified atom stereocenters. The van der Waals surface area contributed by atoms with Crippen molar-refractivity contribution in [1.29, 1.82) is 0 Å². The Morgan fingerprint density at radius 1 is 1.12 bits per heavy atom. The number of rotatable bonds is 3. The van der Waals surface area contributed by atoms with E-state index in [1.54, 1.807) is 45.0 Å². The summed E-state index contributed by atoms with van der Waals surface area (Å²) in [4.78, 5) is 13.5. The van der Waals surface area contributed by atoms with Crippen molar-refractivity contribution in [2.45, 2.75) is 26.4 Å². The highest BCUT2D eigenvalue weighted by atomic mass is 35.5. The van der Waals surface area contributed by atoms with Crippen LogP contribution in [-0.2, 0) is 14.8 Å². The number of hydrogen-bond acceptors (Lipinski definition) is 4. The van der Waals surface area contributed by atoms with Crippen LogP contribution in [0.2, 0.25) is 5.02 Å². The average molecular weight is 387 g/mol. The topological polar surface area (TPSA) is 66.9 Å². The fraction of sp³-hybridized carbons (Fsp3) is 0.471. The number of piperazine rings is 1. The van der Waals surface area contributed by atoms with Gasteiger partial charge in [-0.3, -0.25) is 0 Å². The monoisotopic (exact) mass is 386 g/mol. The van der Waals surface area contributed by atoms with Crippen molar-refractivity contribution >= 4 is 33.8 Å². The molecule has 0 spiro atoms. The van der Waals surface area contributed by atoms with E-state index in [2.05, 4.69) is 0 Å². The number of carbonyl (C=O) groups is 1. The summed E-state index contributed by atoms with van der Waals surface area (Å²) >= 11 is 5.81. The highest BCUT2D eigenvalue weighted by Gasteiger charge is 2.29. The van der Waals surface area contributed by atoms with Gasteiger partial charge in [-0.2, -0.15) is 4.31 Å². The smallest absolute Gasteiger partial charge is 0.410 e. The molecule has 1 aliphatic rings. The zero-order valence-corrected chi connectivity index (χ0v) is 16.2. The SMILES string of the molecule is CC(C)(C)OC(=O)N1CCN(S(=O)(=O)C=Cc2ccc(Cl)cc2)CC1. The van der Waals surface area contributed by atoms with Crippen molar-refractivity contribution in [3.8, 4) is 0 Å². The molecule has 1 aliphatic heterocycles. The van der Waals surface area contributed by atoms with Crippen LogP contribution in [0.5, 0.6) is 0 Å². The number of carbonyl (C=O) groups excluding carboxylic acids is 1. The van der Waals surface area contributed by atoms with E-state index in [9.17, 15) is 13.2 Å². The summed E-state index contributed by atoms with van der Waals surface area (Å²) in [5, 5.41) is 1.78. The van der Waals surface area contributed by atoms with Crippen molar-refractivity contribution in [1.82, 2.24) is 9.21 Å². The van der Waals surface area contributed by atoms with Gasteiger partial charge in [-0.1, -0.05) is 23.7 Å². The van der Waals surface area contributed by atoms with Gasteiger partial charge in [0.05, 0.1) is 0 Å². The van der Waals surface area contributed by atoms with Crippen molar-refractivity contribution in [2.75, 3.05) is 26.2 Å². The van der Waals surface area contributed by atoms with Gasteiger partial charge in [0.2, 0.25) is 10.0 Å². The lowest BCUT2D eigenvalue weighted by Gasteiger charge is -2.34. The molecule has 0 saturated carbocycles. The third-order valence-electron chi connectivity index (χ3n) is 3.55. The van der Waals surface area contributed by atoms with E-state index in [1.807, 2.05) is 0 Å². The van der Waals surface area contributed by atoms with Crippen molar-refractivity contribution in [3.05, 3.63) is 40.3 Å². The lowest BCUT2D eigenvalue weighted by atomic mass is 10.2. The first-order chi connectivity index (χ1) is 11.6. The lowest BCUT2D eigenvalue weighted by Crippen LogP contribution is -2.51. The van der Waals surface area contributed by atoms with Crippen LogP contribution in [0.15, 0.2) is 29.7 Å². The number of hydrogen-bond donors (Lipinski definition) is 0. The third kappa shape index (κ3) is 6.02. The molecule has 0 bridgehead atoms. The minimum atomic E-state index is -3.53. The van der Waals surface area contributed by atoms with Crippen LogP contribution >= 0.6 is 11.6 Å². The predicted octanol–water partition coefficient (Wildman–Crippen LogP) is 3.19. The lowest BCUT2D eigenvalue weighted by molar-refractivity contribution is 0.0193. The molecule has 2 rings (SSSR count). The van der Waals surface area contributed by atoms with Crippen LogP contribution in [0.25, 0.3) is 6.08 Å². The van der Waals surface area contributed by atoms with Crippen molar-refractivity contribution < 1.29 is 17.9 Å². The standard InChI is InChI=1S/C17H23ClN2O4S/c1-17(2,3)24-16(21)19-9-11-20(12-10-19)25(22,23)13-8-14-4-6-15(18)7-5-14/h4-8,13H,9-12H2,1-3H3. The Balaban J connectivity index is 1.94. The Morgan fingerprint density at radius 2 is 1.68 bits per heavy atom. The first-order valence-electron chi connectivity index (χ1n) is 7.98. The van der Waals surface area contributed by atoms with Gasteiger partial charge in [0.1, 0.15) is 5.60 Å². The fourth-order valence-electron chi connectivity index (χ4n) is 2.28. The molecular formula is C17H23ClN2O4S. The zero-order chi connectivity index (χ0) is 18.7. The third-order valence-corrected chi connectivity index (χ3v) is 5.37. The summed E-state index contributed by atoms with van der Waals surface area (Å²) in [6, 6.07) is 6.89. The molecule has 0 N–H and O–H groups in total. The van der Waals surface area contributed by atoms with E-state index in [1.165, 1.54) is 20.7 Å². The van der Waals surface area contributed by atoms with E-state index >= 15 is 0 Å². The van der Waals surface area contributed by atoms with Crippen LogP contribution in [0.1, 0.15) is 26.3 Å². The largest absolute Gasteiger partial charge is 0.444 e. The normalized spacial score (nSPS) is 17.0. The van der Waals surface area contributed by atoms with Crippen LogP contribution in [-0.4, -0.2) is 55.5 Å². The molecule has 0 atom stereocenters. The maximum Gasteiger partial charge on any atom is 0.410 e. The fourth-order valence-corrected chi connectivity index (χ4v) is 3.58. The molecule has 6 nitrogen and oxygen atoms in total. The van der Waals surface area contributed by atoms with Gasteiger partial charge < -0.3 is 9.64 Å². The Labute approximate surface area is 154 Å². The first-order valence-corrected chi connectivity index (χ1v) is 9.87. The highest BCUT2D eigenvalue weighted by molar-refractivity contribution is 7.92. The summed E-state index contributed by atoms with van der Waals surface area (Å²) in [5.41, 5.74) is 0.182. The number of amides is 1. The zero-order valence-electron chi connectivity index (χ0n) is 14.6. The summed E-state index contributed by atoms with van der Waals surface area (Å²) in [6.45, 7) is 6.50. The minimum Gasteiger partial charge on any atom is -0.444 e. The summed E-state index contributed by atoms with van der Waals surface area (Å²) in [5.74, 6) is 0. The highest BCUT2D eigenvalue weighted by Crippen LogP contribution is 2.16. The Bertz CT molecular complexity index is 731. The van der Waals surface area contributed by atoms with Gasteiger partial charge in [-0.25, -0.2) is 13.2 Å². The van der Waals surface area contributed by atoms with Crippen molar-refractivity contribution in [3.63, 3.8) is 0 Å². The second-order valence-corrected chi connectivity index (χ2v) is 9.02. The van der Waals surface area contributed by atoms with Gasteiger partial charge in [0.25, 0.3) is 0 Å². The first kappa shape index (κ1) is 19.8. The van der Waals surface area contributed by atoms with Gasteiger partial charge >= 0.3 is 6.09 Å². The summed E-state index contributed by atoms with van der Waals surface area (Å²) in [6.07, 6.45) is 1.12. The molecule has 0 aromatic heterocycles. The van der Waals surface area contributed by atoms with E-state index < -0.39 is 21.7 Å². The average Bonchev–Trinajstić information content (AvgIpc) is 2.53. The summed E-state index contributed by atoms with van der Waals surface area (Å²) in [7, 11) is -3.53. The number of nitrogens with zero attached hydrogens (tertiary/aromatic N) is 2. The molecule has 1 amide bonds. The number of ether oxygens (including phenoxy) is 1. The number of halogens is 1. The molecule has 138 valence electrons. The quantitative estimate of drug-likeness (QED) is 0.800. The van der Waals surface area contributed by atoms with Gasteiger partial charge in [0, 0.05) is 36.6 Å². The van der Waals surface area contributed by atoms with E-state index in [-0.39, 0.29) is 13.1 Å². The Hall–Kier alpha value is -1.57. The molecular weight excluding hydrogens is 364 g/mol. The van der Waals surface area contributed by atoms with Gasteiger partial charge in [-0.15, -0.1) is 0 Å². The minimum absolute atomic E-state index is 0.243. The van der Waals surface area contributed by atoms with Crippen LogP contribution in [0.4, 0.5) is 4.79 Å². The molecule has 1 fully saturated rings. The Kier molecular flexibility index (Phi) is 6.13. The number of sulfonamides is 1.